The molecule has 2 rings (SSSR count). The summed E-state index contributed by atoms with van der Waals surface area (Å²) in [7, 11) is 0. The molecule has 78 valence electrons. The van der Waals surface area contributed by atoms with E-state index in [0.717, 1.165) is 4.47 Å². The Bertz CT molecular complexity index is 540. The molecule has 0 saturated heterocycles. The molecule has 0 aliphatic rings. The number of furan rings is 1. The van der Waals surface area contributed by atoms with Gasteiger partial charge in [0.15, 0.2) is 16.3 Å². The van der Waals surface area contributed by atoms with Crippen LogP contribution in [0.25, 0.3) is 11.6 Å². The molecule has 0 fully saturated rings. The highest BCUT2D eigenvalue weighted by molar-refractivity contribution is 9.13. The second kappa shape index (κ2) is 3.94. The monoisotopic (exact) mass is 332 g/mol. The Morgan fingerprint density at radius 3 is 2.67 bits per heavy atom. The molecule has 1 N–H and O–H groups in total. The molecule has 2 heterocycles. The van der Waals surface area contributed by atoms with Crippen LogP contribution < -0.4 is 5.56 Å². The summed E-state index contributed by atoms with van der Waals surface area (Å²) in [6, 6.07) is 3.17. The first-order valence-corrected chi connectivity index (χ1v) is 5.68. The average Bonchev–Trinajstić information content (AvgIpc) is 2.45. The van der Waals surface area contributed by atoms with Crippen LogP contribution in [0.2, 0.25) is 0 Å². The van der Waals surface area contributed by atoms with Gasteiger partial charge in [-0.05, 0) is 38.8 Å². The van der Waals surface area contributed by atoms with Gasteiger partial charge in [0.25, 0.3) is 5.56 Å². The predicted molar refractivity (Wildman–Crippen MR) is 62.7 cm³/mol. The molecule has 0 aliphatic carbocycles. The van der Waals surface area contributed by atoms with E-state index in [-0.39, 0.29) is 5.56 Å². The quantitative estimate of drug-likeness (QED) is 0.873. The number of aromatic amines is 1. The van der Waals surface area contributed by atoms with Crippen LogP contribution in [0.3, 0.4) is 0 Å². The van der Waals surface area contributed by atoms with Crippen molar-refractivity contribution in [3.8, 4) is 11.6 Å². The van der Waals surface area contributed by atoms with Gasteiger partial charge < -0.3 is 9.40 Å². The number of aryl methyl sites for hydroxylation is 1. The second-order valence-corrected chi connectivity index (χ2v) is 4.54. The minimum absolute atomic E-state index is 0.193. The maximum Gasteiger partial charge on any atom is 0.251 e. The summed E-state index contributed by atoms with van der Waals surface area (Å²) in [5, 5.41) is 0. The second-order valence-electron chi connectivity index (χ2n) is 2.97. The van der Waals surface area contributed by atoms with Crippen molar-refractivity contribution in [2.75, 3.05) is 0 Å². The molecule has 0 spiro atoms. The van der Waals surface area contributed by atoms with Gasteiger partial charge in [0.2, 0.25) is 0 Å². The standard InChI is InChI=1S/C9H6Br2N2O2/c1-4-2-7(14)13-9(12-4)6-3-5(10)8(11)15-6/h2-3H,1H3,(H,12,13,14). The third-order valence-corrected chi connectivity index (χ3v) is 3.46. The summed E-state index contributed by atoms with van der Waals surface area (Å²) in [5.74, 6) is 0.931. The van der Waals surface area contributed by atoms with Crippen LogP contribution in [0.4, 0.5) is 0 Å². The third-order valence-electron chi connectivity index (χ3n) is 1.75. The SMILES string of the molecule is Cc1cc(=O)[nH]c(-c2cc(Br)c(Br)o2)n1. The Morgan fingerprint density at radius 1 is 1.40 bits per heavy atom. The molecule has 2 aromatic heterocycles. The molecular formula is C9H6Br2N2O2. The largest absolute Gasteiger partial charge is 0.445 e. The number of rotatable bonds is 1. The Labute approximate surface area is 102 Å². The summed E-state index contributed by atoms with van der Waals surface area (Å²) in [6.45, 7) is 1.76. The number of H-pyrrole nitrogens is 1. The highest BCUT2D eigenvalue weighted by Crippen LogP contribution is 2.30. The van der Waals surface area contributed by atoms with E-state index < -0.39 is 0 Å². The molecule has 0 aromatic carbocycles. The van der Waals surface area contributed by atoms with Crippen LogP contribution in [0.1, 0.15) is 5.69 Å². The van der Waals surface area contributed by atoms with Crippen LogP contribution in [-0.4, -0.2) is 9.97 Å². The topological polar surface area (TPSA) is 58.9 Å². The molecule has 0 radical (unpaired) electrons. The molecule has 4 nitrogen and oxygen atoms in total. The van der Waals surface area contributed by atoms with Gasteiger partial charge in [-0.2, -0.15) is 0 Å². The first-order chi connectivity index (χ1) is 7.06. The maximum absolute atomic E-state index is 11.2. The van der Waals surface area contributed by atoms with Crippen LogP contribution in [0.15, 0.2) is 30.5 Å². The molecule has 0 atom stereocenters. The van der Waals surface area contributed by atoms with Crippen molar-refractivity contribution < 1.29 is 4.42 Å². The van der Waals surface area contributed by atoms with Crippen molar-refractivity contribution in [2.45, 2.75) is 6.92 Å². The Kier molecular flexibility index (Phi) is 2.79. The number of nitrogens with one attached hydrogen (secondary N) is 1. The molecular weight excluding hydrogens is 328 g/mol. The lowest BCUT2D eigenvalue weighted by Crippen LogP contribution is -2.08. The maximum atomic E-state index is 11.2. The van der Waals surface area contributed by atoms with Crippen LogP contribution in [-0.2, 0) is 0 Å². The van der Waals surface area contributed by atoms with Crippen molar-refractivity contribution >= 4 is 31.9 Å². The summed E-state index contributed by atoms with van der Waals surface area (Å²) in [4.78, 5) is 18.0. The zero-order valence-electron chi connectivity index (χ0n) is 7.67. The smallest absolute Gasteiger partial charge is 0.251 e. The van der Waals surface area contributed by atoms with Gasteiger partial charge in [0, 0.05) is 17.8 Å². The summed E-state index contributed by atoms with van der Waals surface area (Å²) in [5.41, 5.74) is 0.457. The van der Waals surface area contributed by atoms with Crippen molar-refractivity contribution in [3.05, 3.63) is 37.3 Å². The van der Waals surface area contributed by atoms with E-state index in [1.54, 1.807) is 13.0 Å². The third kappa shape index (κ3) is 2.21. The summed E-state index contributed by atoms with van der Waals surface area (Å²) >= 11 is 6.51. The first-order valence-electron chi connectivity index (χ1n) is 4.09. The lowest BCUT2D eigenvalue weighted by molar-refractivity contribution is 0.549. The van der Waals surface area contributed by atoms with Gasteiger partial charge in [-0.1, -0.05) is 0 Å². The van der Waals surface area contributed by atoms with Gasteiger partial charge in [0.05, 0.1) is 4.47 Å². The van der Waals surface area contributed by atoms with Gasteiger partial charge in [0.1, 0.15) is 0 Å². The summed E-state index contributed by atoms with van der Waals surface area (Å²) < 4.78 is 6.70. The van der Waals surface area contributed by atoms with Crippen molar-refractivity contribution in [3.63, 3.8) is 0 Å². The van der Waals surface area contributed by atoms with E-state index in [2.05, 4.69) is 41.8 Å². The highest BCUT2D eigenvalue weighted by Gasteiger charge is 2.10. The lowest BCUT2D eigenvalue weighted by Gasteiger charge is -1.96. The number of hydrogen-bond donors (Lipinski definition) is 1. The van der Waals surface area contributed by atoms with E-state index in [0.29, 0.717) is 21.9 Å². The van der Waals surface area contributed by atoms with Gasteiger partial charge in [-0.25, -0.2) is 4.98 Å². The fourth-order valence-corrected chi connectivity index (χ4v) is 1.74. The van der Waals surface area contributed by atoms with Crippen LogP contribution >= 0.6 is 31.9 Å². The molecule has 15 heavy (non-hydrogen) atoms. The van der Waals surface area contributed by atoms with Crippen molar-refractivity contribution in [1.29, 1.82) is 0 Å². The molecule has 2 aromatic rings. The van der Waals surface area contributed by atoms with E-state index >= 15 is 0 Å². The lowest BCUT2D eigenvalue weighted by atomic mass is 10.4. The van der Waals surface area contributed by atoms with E-state index in [9.17, 15) is 4.79 Å². The Hall–Kier alpha value is -0.880. The number of hydrogen-bond acceptors (Lipinski definition) is 3. The van der Waals surface area contributed by atoms with Crippen LogP contribution in [0, 0.1) is 6.92 Å². The van der Waals surface area contributed by atoms with Gasteiger partial charge >= 0.3 is 0 Å². The molecule has 0 saturated carbocycles. The molecule has 0 unspecified atom stereocenters. The van der Waals surface area contributed by atoms with Crippen molar-refractivity contribution in [2.24, 2.45) is 0 Å². The number of nitrogens with zero attached hydrogens (tertiary/aromatic N) is 1. The normalized spacial score (nSPS) is 10.6. The number of aromatic nitrogens is 2. The fourth-order valence-electron chi connectivity index (χ4n) is 1.16. The molecule has 6 heteroatoms. The zero-order chi connectivity index (χ0) is 11.0. The van der Waals surface area contributed by atoms with Crippen molar-refractivity contribution in [1.82, 2.24) is 9.97 Å². The molecule has 0 aliphatic heterocycles. The van der Waals surface area contributed by atoms with E-state index in [4.69, 9.17) is 4.42 Å². The fraction of sp³-hybridized carbons (Fsp3) is 0.111. The molecule has 0 bridgehead atoms. The average molecular weight is 334 g/mol. The summed E-state index contributed by atoms with van der Waals surface area (Å²) in [6.07, 6.45) is 0. The van der Waals surface area contributed by atoms with E-state index in [1.165, 1.54) is 6.07 Å². The van der Waals surface area contributed by atoms with Gasteiger partial charge in [-0.15, -0.1) is 0 Å². The minimum Gasteiger partial charge on any atom is -0.445 e. The molecule has 0 amide bonds. The van der Waals surface area contributed by atoms with Gasteiger partial charge in [-0.3, -0.25) is 4.79 Å². The minimum atomic E-state index is -0.193. The first kappa shape index (κ1) is 10.6. The number of halogens is 2. The predicted octanol–water partition coefficient (Wildman–Crippen LogP) is 2.86. The Balaban J connectivity index is 2.58. The Morgan fingerprint density at radius 2 is 2.13 bits per heavy atom. The highest BCUT2D eigenvalue weighted by atomic mass is 79.9. The van der Waals surface area contributed by atoms with Crippen LogP contribution in [0.5, 0.6) is 0 Å². The van der Waals surface area contributed by atoms with E-state index in [1.807, 2.05) is 0 Å². The zero-order valence-corrected chi connectivity index (χ0v) is 10.8.